The molecule has 0 aliphatic carbocycles. The van der Waals surface area contributed by atoms with Crippen LogP contribution in [0.15, 0.2) is 0 Å². The lowest BCUT2D eigenvalue weighted by Gasteiger charge is -2.34. The molecule has 1 fully saturated rings. The largest absolute Gasteiger partial charge is 0.299 e. The van der Waals surface area contributed by atoms with Gasteiger partial charge in [-0.1, -0.05) is 27.7 Å². The molecule has 0 radical (unpaired) electrons. The van der Waals surface area contributed by atoms with E-state index in [9.17, 15) is 13.2 Å². The van der Waals surface area contributed by atoms with Crippen LogP contribution in [-0.2, 0) is 14.8 Å². The highest BCUT2D eigenvalue weighted by atomic mass is 32.2. The van der Waals surface area contributed by atoms with Gasteiger partial charge in [0.2, 0.25) is 10.0 Å². The van der Waals surface area contributed by atoms with Gasteiger partial charge < -0.3 is 0 Å². The van der Waals surface area contributed by atoms with E-state index in [1.165, 1.54) is 10.6 Å². The topological polar surface area (TPSA) is 54.5 Å². The van der Waals surface area contributed by atoms with E-state index in [0.717, 1.165) is 12.8 Å². The van der Waals surface area contributed by atoms with Crippen molar-refractivity contribution >= 4 is 15.8 Å². The Kier molecular flexibility index (Phi) is 5.18. The van der Waals surface area contributed by atoms with Crippen molar-refractivity contribution in [3.63, 3.8) is 0 Å². The van der Waals surface area contributed by atoms with Crippen LogP contribution in [0.5, 0.6) is 0 Å². The molecule has 0 spiro atoms. The van der Waals surface area contributed by atoms with Crippen LogP contribution in [-0.4, -0.2) is 37.9 Å². The molecule has 1 unspecified atom stereocenters. The number of sulfonamides is 1. The van der Waals surface area contributed by atoms with Gasteiger partial charge >= 0.3 is 0 Å². The molecule has 1 aliphatic rings. The molecule has 19 heavy (non-hydrogen) atoms. The van der Waals surface area contributed by atoms with E-state index in [0.29, 0.717) is 25.4 Å². The van der Waals surface area contributed by atoms with Gasteiger partial charge in [0.05, 0.1) is 6.26 Å². The highest BCUT2D eigenvalue weighted by Crippen LogP contribution is 2.32. The molecule has 1 aliphatic heterocycles. The molecule has 0 aromatic carbocycles. The smallest absolute Gasteiger partial charge is 0.211 e. The van der Waals surface area contributed by atoms with Crippen molar-refractivity contribution in [1.29, 1.82) is 0 Å². The van der Waals surface area contributed by atoms with Crippen LogP contribution >= 0.6 is 0 Å². The zero-order valence-electron chi connectivity index (χ0n) is 12.8. The first-order valence-electron chi connectivity index (χ1n) is 7.03. The Morgan fingerprint density at radius 2 is 1.95 bits per heavy atom. The molecule has 0 aromatic heterocycles. The Morgan fingerprint density at radius 3 is 2.42 bits per heavy atom. The lowest BCUT2D eigenvalue weighted by Crippen LogP contribution is -2.41. The third kappa shape index (κ3) is 4.28. The second-order valence-electron chi connectivity index (χ2n) is 6.63. The fraction of sp³-hybridized carbons (Fsp3) is 0.929. The summed E-state index contributed by atoms with van der Waals surface area (Å²) >= 11 is 0. The number of hydrogen-bond acceptors (Lipinski definition) is 3. The van der Waals surface area contributed by atoms with Crippen LogP contribution in [0.3, 0.4) is 0 Å². The van der Waals surface area contributed by atoms with Crippen LogP contribution < -0.4 is 0 Å². The highest BCUT2D eigenvalue weighted by molar-refractivity contribution is 7.88. The maximum absolute atomic E-state index is 12.4. The van der Waals surface area contributed by atoms with Crippen LogP contribution in [0.1, 0.15) is 47.0 Å². The number of nitrogens with zero attached hydrogens (tertiary/aromatic N) is 1. The van der Waals surface area contributed by atoms with Crippen molar-refractivity contribution in [2.75, 3.05) is 19.3 Å². The van der Waals surface area contributed by atoms with Crippen LogP contribution in [0, 0.1) is 17.3 Å². The van der Waals surface area contributed by atoms with Gasteiger partial charge in [-0.05, 0) is 24.7 Å². The molecule has 0 bridgehead atoms. The molecule has 1 atom stereocenters. The molecule has 0 N–H and O–H groups in total. The molecule has 1 saturated heterocycles. The van der Waals surface area contributed by atoms with Crippen molar-refractivity contribution in [2.45, 2.75) is 47.0 Å². The van der Waals surface area contributed by atoms with Gasteiger partial charge in [-0.15, -0.1) is 0 Å². The van der Waals surface area contributed by atoms with Crippen LogP contribution in [0.25, 0.3) is 0 Å². The van der Waals surface area contributed by atoms with Crippen molar-refractivity contribution in [3.05, 3.63) is 0 Å². The third-order valence-electron chi connectivity index (χ3n) is 4.59. The average molecular weight is 289 g/mol. The Morgan fingerprint density at radius 1 is 1.37 bits per heavy atom. The van der Waals surface area contributed by atoms with E-state index in [2.05, 4.69) is 13.8 Å². The summed E-state index contributed by atoms with van der Waals surface area (Å²) in [6.07, 6.45) is 3.55. The van der Waals surface area contributed by atoms with Crippen LogP contribution in [0.2, 0.25) is 0 Å². The molecular formula is C14H27NO3S. The Hall–Kier alpha value is -0.420. The summed E-state index contributed by atoms with van der Waals surface area (Å²) in [6.45, 7) is 9.17. The quantitative estimate of drug-likeness (QED) is 0.780. The van der Waals surface area contributed by atoms with Gasteiger partial charge in [0, 0.05) is 24.9 Å². The summed E-state index contributed by atoms with van der Waals surface area (Å²) < 4.78 is 24.6. The molecule has 1 rings (SSSR count). The fourth-order valence-corrected chi connectivity index (χ4v) is 3.28. The first-order chi connectivity index (χ1) is 8.55. The van der Waals surface area contributed by atoms with Gasteiger partial charge in [-0.2, -0.15) is 0 Å². The number of ketones is 1. The molecule has 0 saturated carbocycles. The van der Waals surface area contributed by atoms with Crippen molar-refractivity contribution in [2.24, 2.45) is 17.3 Å². The predicted molar refractivity (Wildman–Crippen MR) is 77.4 cm³/mol. The minimum absolute atomic E-state index is 0.175. The summed E-state index contributed by atoms with van der Waals surface area (Å²) in [5.74, 6) is 0.728. The number of carbonyl (C=O) groups is 1. The van der Waals surface area contributed by atoms with Crippen molar-refractivity contribution < 1.29 is 13.2 Å². The molecule has 1 heterocycles. The minimum Gasteiger partial charge on any atom is -0.299 e. The minimum atomic E-state index is -3.12. The van der Waals surface area contributed by atoms with E-state index >= 15 is 0 Å². The first-order valence-corrected chi connectivity index (χ1v) is 8.88. The standard InChI is InChI=1S/C14H27NO3S/c1-11(2)14(3,4)13(16)9-12-7-6-8-15(10-12)19(5,17)18/h11-12H,6-10H2,1-5H3. The molecular weight excluding hydrogens is 262 g/mol. The maximum atomic E-state index is 12.4. The van der Waals surface area contributed by atoms with E-state index in [4.69, 9.17) is 0 Å². The lowest BCUT2D eigenvalue weighted by atomic mass is 9.74. The number of piperidine rings is 1. The zero-order valence-corrected chi connectivity index (χ0v) is 13.6. The number of carbonyl (C=O) groups excluding carboxylic acids is 1. The highest BCUT2D eigenvalue weighted by Gasteiger charge is 2.34. The average Bonchev–Trinajstić information content (AvgIpc) is 2.27. The third-order valence-corrected chi connectivity index (χ3v) is 5.86. The maximum Gasteiger partial charge on any atom is 0.211 e. The zero-order chi connectivity index (χ0) is 14.8. The fourth-order valence-electron chi connectivity index (χ4n) is 2.34. The predicted octanol–water partition coefficient (Wildman–Crippen LogP) is 2.30. The summed E-state index contributed by atoms with van der Waals surface area (Å²) in [5, 5.41) is 0. The van der Waals surface area contributed by atoms with E-state index < -0.39 is 10.0 Å². The molecule has 0 aromatic rings. The van der Waals surface area contributed by atoms with Gasteiger partial charge in [-0.25, -0.2) is 12.7 Å². The van der Waals surface area contributed by atoms with Gasteiger partial charge in [0.15, 0.2) is 0 Å². The lowest BCUT2D eigenvalue weighted by molar-refractivity contribution is -0.130. The molecule has 5 heteroatoms. The van der Waals surface area contributed by atoms with E-state index in [1.807, 2.05) is 13.8 Å². The number of hydrogen-bond donors (Lipinski definition) is 0. The summed E-state index contributed by atoms with van der Waals surface area (Å²) in [7, 11) is -3.12. The Bertz CT molecular complexity index is 426. The van der Waals surface area contributed by atoms with Gasteiger partial charge in [0.25, 0.3) is 0 Å². The molecule has 112 valence electrons. The van der Waals surface area contributed by atoms with Gasteiger partial charge in [0.1, 0.15) is 5.78 Å². The summed E-state index contributed by atoms with van der Waals surface area (Å²) in [4.78, 5) is 12.4. The van der Waals surface area contributed by atoms with Crippen LogP contribution in [0.4, 0.5) is 0 Å². The second-order valence-corrected chi connectivity index (χ2v) is 8.62. The normalized spacial score (nSPS) is 22.7. The van der Waals surface area contributed by atoms with E-state index in [-0.39, 0.29) is 17.1 Å². The Labute approximate surface area is 117 Å². The van der Waals surface area contributed by atoms with Crippen molar-refractivity contribution in [3.8, 4) is 0 Å². The summed E-state index contributed by atoms with van der Waals surface area (Å²) in [6, 6.07) is 0. The first kappa shape index (κ1) is 16.6. The second kappa shape index (κ2) is 5.92. The number of Topliss-reactive ketones (excluding diaryl/α,β-unsaturated/α-hetero) is 1. The molecule has 0 amide bonds. The van der Waals surface area contributed by atoms with Crippen molar-refractivity contribution in [1.82, 2.24) is 4.31 Å². The van der Waals surface area contributed by atoms with E-state index in [1.54, 1.807) is 0 Å². The molecule has 4 nitrogen and oxygen atoms in total. The summed E-state index contributed by atoms with van der Waals surface area (Å²) in [5.41, 5.74) is -0.326. The Balaban J connectivity index is 2.66. The number of rotatable bonds is 5. The van der Waals surface area contributed by atoms with Gasteiger partial charge in [-0.3, -0.25) is 4.79 Å². The monoisotopic (exact) mass is 289 g/mol. The SMILES string of the molecule is CC(C)C(C)(C)C(=O)CC1CCCN(S(C)(=O)=O)C1.